The molecule has 1 amide bonds. The molecule has 0 aliphatic carbocycles. The molecule has 1 aromatic rings. The Labute approximate surface area is 135 Å². The van der Waals surface area contributed by atoms with Gasteiger partial charge in [-0.25, -0.2) is 4.79 Å². The highest BCUT2D eigenvalue weighted by molar-refractivity contribution is 6.06. The van der Waals surface area contributed by atoms with Crippen molar-refractivity contribution in [2.45, 2.75) is 6.42 Å². The predicted octanol–water partition coefficient (Wildman–Crippen LogP) is 1.27. The van der Waals surface area contributed by atoms with Gasteiger partial charge >= 0.3 is 5.97 Å². The van der Waals surface area contributed by atoms with Crippen LogP contribution in [0.3, 0.4) is 0 Å². The Bertz CT molecular complexity index is 615. The molecule has 0 aliphatic heterocycles. The average Bonchev–Trinajstić information content (AvgIpc) is 2.51. The molecule has 7 heteroatoms. The molecule has 0 aliphatic rings. The third-order valence-corrected chi connectivity index (χ3v) is 2.93. The largest absolute Gasteiger partial charge is 0.478 e. The van der Waals surface area contributed by atoms with Crippen LogP contribution in [0.5, 0.6) is 0 Å². The molecule has 1 rings (SSSR count). The lowest BCUT2D eigenvalue weighted by atomic mass is 10.2. The Morgan fingerprint density at radius 3 is 2.48 bits per heavy atom. The summed E-state index contributed by atoms with van der Waals surface area (Å²) in [5, 5.41) is 23.3. The van der Waals surface area contributed by atoms with Gasteiger partial charge in [-0.15, -0.1) is 0 Å². The fourth-order valence-electron chi connectivity index (χ4n) is 1.71. The van der Waals surface area contributed by atoms with Gasteiger partial charge in [0.25, 0.3) is 5.91 Å². The summed E-state index contributed by atoms with van der Waals surface area (Å²) in [5.74, 6) is -1.59. The summed E-state index contributed by atoms with van der Waals surface area (Å²) in [6, 6.07) is 7.54. The molecule has 0 radical (unpaired) electrons. The van der Waals surface area contributed by atoms with E-state index in [-0.39, 0.29) is 11.1 Å². The van der Waals surface area contributed by atoms with Gasteiger partial charge in [-0.05, 0) is 51.3 Å². The molecule has 0 atom stereocenters. The maximum Gasteiger partial charge on any atom is 0.335 e. The zero-order chi connectivity index (χ0) is 17.2. The van der Waals surface area contributed by atoms with Crippen LogP contribution in [0.15, 0.2) is 36.0 Å². The van der Waals surface area contributed by atoms with E-state index in [0.29, 0.717) is 12.2 Å². The van der Waals surface area contributed by atoms with Gasteiger partial charge in [0.2, 0.25) is 0 Å². The van der Waals surface area contributed by atoms with Gasteiger partial charge in [-0.3, -0.25) is 4.79 Å². The Kier molecular flexibility index (Phi) is 7.30. The second-order valence-electron chi connectivity index (χ2n) is 5.12. The van der Waals surface area contributed by atoms with Gasteiger partial charge in [-0.2, -0.15) is 5.26 Å². The number of carboxylic acids is 1. The number of rotatable bonds is 8. The molecular formula is C16H20N4O3. The van der Waals surface area contributed by atoms with Crippen LogP contribution in [0.1, 0.15) is 16.8 Å². The van der Waals surface area contributed by atoms with E-state index in [1.165, 1.54) is 30.5 Å². The average molecular weight is 316 g/mol. The quantitative estimate of drug-likeness (QED) is 0.379. The lowest BCUT2D eigenvalue weighted by Gasteiger charge is -2.09. The molecule has 0 unspecified atom stereocenters. The van der Waals surface area contributed by atoms with Gasteiger partial charge in [0.05, 0.1) is 5.56 Å². The molecular weight excluding hydrogens is 296 g/mol. The number of carbonyl (C=O) groups excluding carboxylic acids is 1. The summed E-state index contributed by atoms with van der Waals surface area (Å²) in [7, 11) is 3.94. The molecule has 23 heavy (non-hydrogen) atoms. The second-order valence-corrected chi connectivity index (χ2v) is 5.12. The molecule has 122 valence electrons. The second kappa shape index (κ2) is 9.23. The van der Waals surface area contributed by atoms with Crippen molar-refractivity contribution in [2.24, 2.45) is 0 Å². The normalized spacial score (nSPS) is 11.0. The SMILES string of the molecule is CN(C)CCCN/C=C(/C#N)C(=O)Nc1ccc(C(=O)O)cc1. The summed E-state index contributed by atoms with van der Waals surface area (Å²) < 4.78 is 0. The van der Waals surface area contributed by atoms with Gasteiger partial charge in [0.1, 0.15) is 11.6 Å². The smallest absolute Gasteiger partial charge is 0.335 e. The third kappa shape index (κ3) is 6.63. The number of anilines is 1. The molecule has 3 N–H and O–H groups in total. The van der Waals surface area contributed by atoms with Gasteiger partial charge in [0.15, 0.2) is 0 Å². The summed E-state index contributed by atoms with van der Waals surface area (Å²) in [6.45, 7) is 1.56. The highest BCUT2D eigenvalue weighted by Gasteiger charge is 2.09. The molecule has 0 saturated heterocycles. The first-order valence-electron chi connectivity index (χ1n) is 7.07. The highest BCUT2D eigenvalue weighted by Crippen LogP contribution is 2.10. The number of carboxylic acid groups (broad SMARTS) is 1. The van der Waals surface area contributed by atoms with Crippen LogP contribution < -0.4 is 10.6 Å². The number of carbonyl (C=O) groups is 2. The first-order valence-corrected chi connectivity index (χ1v) is 7.07. The van der Waals surface area contributed by atoms with Crippen molar-refractivity contribution in [3.63, 3.8) is 0 Å². The van der Waals surface area contributed by atoms with Gasteiger partial charge in [0, 0.05) is 18.4 Å². The van der Waals surface area contributed by atoms with Crippen molar-refractivity contribution in [1.82, 2.24) is 10.2 Å². The van der Waals surface area contributed by atoms with Crippen LogP contribution in [0.2, 0.25) is 0 Å². The number of aromatic carboxylic acids is 1. The number of nitriles is 1. The number of nitrogens with zero attached hydrogens (tertiary/aromatic N) is 2. The highest BCUT2D eigenvalue weighted by atomic mass is 16.4. The lowest BCUT2D eigenvalue weighted by molar-refractivity contribution is -0.112. The van der Waals surface area contributed by atoms with Crippen molar-refractivity contribution in [3.05, 3.63) is 41.6 Å². The van der Waals surface area contributed by atoms with E-state index >= 15 is 0 Å². The molecule has 0 heterocycles. The molecule has 0 fully saturated rings. The van der Waals surface area contributed by atoms with Crippen LogP contribution in [0.25, 0.3) is 0 Å². The molecule has 0 spiro atoms. The Morgan fingerprint density at radius 2 is 1.96 bits per heavy atom. The third-order valence-electron chi connectivity index (χ3n) is 2.93. The van der Waals surface area contributed by atoms with Crippen molar-refractivity contribution < 1.29 is 14.7 Å². The number of hydrogen-bond donors (Lipinski definition) is 3. The molecule has 0 saturated carbocycles. The van der Waals surface area contributed by atoms with E-state index in [9.17, 15) is 9.59 Å². The van der Waals surface area contributed by atoms with Gasteiger partial charge < -0.3 is 20.6 Å². The van der Waals surface area contributed by atoms with E-state index < -0.39 is 11.9 Å². The lowest BCUT2D eigenvalue weighted by Crippen LogP contribution is -2.20. The first kappa shape index (κ1) is 18.2. The maximum absolute atomic E-state index is 12.0. The van der Waals surface area contributed by atoms with Crippen LogP contribution in [0, 0.1) is 11.3 Å². The fourth-order valence-corrected chi connectivity index (χ4v) is 1.71. The molecule has 7 nitrogen and oxygen atoms in total. The Hall–Kier alpha value is -2.85. The Balaban J connectivity index is 2.56. The fraction of sp³-hybridized carbons (Fsp3) is 0.312. The minimum absolute atomic E-state index is 0.0443. The summed E-state index contributed by atoms with van der Waals surface area (Å²) in [4.78, 5) is 24.8. The zero-order valence-corrected chi connectivity index (χ0v) is 13.2. The number of nitrogens with one attached hydrogen (secondary N) is 2. The van der Waals surface area contributed by atoms with Crippen molar-refractivity contribution in [2.75, 3.05) is 32.5 Å². The number of hydrogen-bond acceptors (Lipinski definition) is 5. The van der Waals surface area contributed by atoms with Gasteiger partial charge in [-0.1, -0.05) is 0 Å². The number of amides is 1. The molecule has 1 aromatic carbocycles. The van der Waals surface area contributed by atoms with Crippen molar-refractivity contribution in [3.8, 4) is 6.07 Å². The predicted molar refractivity (Wildman–Crippen MR) is 86.9 cm³/mol. The summed E-state index contributed by atoms with van der Waals surface area (Å²) in [5.41, 5.74) is 0.507. The summed E-state index contributed by atoms with van der Waals surface area (Å²) in [6.07, 6.45) is 2.27. The zero-order valence-electron chi connectivity index (χ0n) is 13.2. The summed E-state index contributed by atoms with van der Waals surface area (Å²) >= 11 is 0. The Morgan fingerprint density at radius 1 is 1.30 bits per heavy atom. The van der Waals surface area contributed by atoms with E-state index in [1.54, 1.807) is 0 Å². The van der Waals surface area contributed by atoms with Crippen LogP contribution >= 0.6 is 0 Å². The molecule has 0 bridgehead atoms. The van der Waals surface area contributed by atoms with E-state index in [1.807, 2.05) is 25.1 Å². The topological polar surface area (TPSA) is 105 Å². The van der Waals surface area contributed by atoms with E-state index in [4.69, 9.17) is 10.4 Å². The minimum atomic E-state index is -1.04. The molecule has 0 aromatic heterocycles. The monoisotopic (exact) mass is 316 g/mol. The van der Waals surface area contributed by atoms with E-state index in [0.717, 1.165) is 13.0 Å². The maximum atomic E-state index is 12.0. The standard InChI is InChI=1S/C16H20N4O3/c1-20(2)9-3-8-18-11-13(10-17)15(21)19-14-6-4-12(5-7-14)16(22)23/h4-7,11,18H,3,8-9H2,1-2H3,(H,19,21)(H,22,23)/b13-11-. The first-order chi connectivity index (χ1) is 10.9. The van der Waals surface area contributed by atoms with E-state index in [2.05, 4.69) is 10.6 Å². The van der Waals surface area contributed by atoms with Crippen LogP contribution in [-0.2, 0) is 4.79 Å². The van der Waals surface area contributed by atoms with Crippen LogP contribution in [0.4, 0.5) is 5.69 Å². The minimum Gasteiger partial charge on any atom is -0.478 e. The van der Waals surface area contributed by atoms with Crippen molar-refractivity contribution >= 4 is 17.6 Å². The van der Waals surface area contributed by atoms with Crippen LogP contribution in [-0.4, -0.2) is 49.1 Å². The van der Waals surface area contributed by atoms with Crippen molar-refractivity contribution in [1.29, 1.82) is 5.26 Å². The number of benzene rings is 1.